The summed E-state index contributed by atoms with van der Waals surface area (Å²) in [5, 5.41) is 5.45. The summed E-state index contributed by atoms with van der Waals surface area (Å²) in [6, 6.07) is 17.1. The third-order valence-corrected chi connectivity index (χ3v) is 2.91. The second-order valence-corrected chi connectivity index (χ2v) is 4.39. The zero-order valence-corrected chi connectivity index (χ0v) is 11.9. The van der Waals surface area contributed by atoms with Crippen molar-refractivity contribution in [3.8, 4) is 5.75 Å². The third-order valence-electron chi connectivity index (χ3n) is 2.91. The Morgan fingerprint density at radius 1 is 1.10 bits per heavy atom. The summed E-state index contributed by atoms with van der Waals surface area (Å²) in [5.41, 5.74) is 1.96. The summed E-state index contributed by atoms with van der Waals surface area (Å²) in [6.07, 6.45) is 3.39. The van der Waals surface area contributed by atoms with Gasteiger partial charge in [0.2, 0.25) is 0 Å². The van der Waals surface area contributed by atoms with Gasteiger partial charge in [-0.1, -0.05) is 48.5 Å². The minimum atomic E-state index is -0.245. The number of hydrogen-bond donors (Lipinski definition) is 2. The average molecular weight is 282 g/mol. The molecule has 0 aliphatic carbocycles. The van der Waals surface area contributed by atoms with Crippen LogP contribution in [0, 0.1) is 0 Å². The van der Waals surface area contributed by atoms with E-state index in [0.29, 0.717) is 6.54 Å². The summed E-state index contributed by atoms with van der Waals surface area (Å²) in [6.45, 7) is 0.495. The maximum absolute atomic E-state index is 11.7. The van der Waals surface area contributed by atoms with Gasteiger partial charge in [-0.05, 0) is 17.7 Å². The van der Waals surface area contributed by atoms with E-state index in [1.165, 1.54) is 0 Å². The Kier molecular flexibility index (Phi) is 5.41. The molecule has 0 aromatic heterocycles. The first-order valence-corrected chi connectivity index (χ1v) is 6.67. The molecular weight excluding hydrogens is 264 g/mol. The first-order valence-electron chi connectivity index (χ1n) is 6.67. The minimum Gasteiger partial charge on any atom is -0.496 e. The Bertz CT molecular complexity index is 609. The lowest BCUT2D eigenvalue weighted by Crippen LogP contribution is -2.31. The fourth-order valence-electron chi connectivity index (χ4n) is 1.84. The topological polar surface area (TPSA) is 50.4 Å². The van der Waals surface area contributed by atoms with Crippen LogP contribution in [0.4, 0.5) is 4.79 Å². The van der Waals surface area contributed by atoms with Gasteiger partial charge in [0.1, 0.15) is 5.75 Å². The van der Waals surface area contributed by atoms with Gasteiger partial charge < -0.3 is 15.4 Å². The molecule has 0 radical (unpaired) electrons. The molecule has 4 nitrogen and oxygen atoms in total. The van der Waals surface area contributed by atoms with Gasteiger partial charge in [0, 0.05) is 18.3 Å². The number of carbonyl (C=O) groups excluding carboxylic acids is 1. The predicted octanol–water partition coefficient (Wildman–Crippen LogP) is 3.17. The number of methoxy groups -OCH3 is 1. The third kappa shape index (κ3) is 4.69. The normalized spacial score (nSPS) is 10.3. The van der Waals surface area contributed by atoms with E-state index >= 15 is 0 Å². The fraction of sp³-hybridized carbons (Fsp3) is 0.118. The number of para-hydroxylation sites is 1. The van der Waals surface area contributed by atoms with Crippen LogP contribution in [-0.2, 0) is 6.54 Å². The van der Waals surface area contributed by atoms with Crippen molar-refractivity contribution in [2.75, 3.05) is 7.11 Å². The summed E-state index contributed by atoms with van der Waals surface area (Å²) in [4.78, 5) is 11.7. The van der Waals surface area contributed by atoms with Gasteiger partial charge in [0.05, 0.1) is 7.11 Å². The van der Waals surface area contributed by atoms with E-state index in [2.05, 4.69) is 10.6 Å². The molecule has 2 amide bonds. The van der Waals surface area contributed by atoms with E-state index in [1.807, 2.05) is 54.6 Å². The number of carbonyl (C=O) groups is 1. The number of urea groups is 1. The van der Waals surface area contributed by atoms with Crippen molar-refractivity contribution in [3.05, 3.63) is 71.9 Å². The van der Waals surface area contributed by atoms with Crippen LogP contribution < -0.4 is 15.4 Å². The minimum absolute atomic E-state index is 0.245. The Balaban J connectivity index is 1.82. The molecule has 0 aliphatic rings. The number of nitrogens with one attached hydrogen (secondary N) is 2. The number of ether oxygens (including phenoxy) is 1. The van der Waals surface area contributed by atoms with Crippen molar-refractivity contribution in [2.24, 2.45) is 0 Å². The molecule has 21 heavy (non-hydrogen) atoms. The number of rotatable bonds is 5. The molecule has 2 aromatic carbocycles. The van der Waals surface area contributed by atoms with Crippen LogP contribution in [-0.4, -0.2) is 13.1 Å². The van der Waals surface area contributed by atoms with Gasteiger partial charge in [-0.3, -0.25) is 0 Å². The average Bonchev–Trinajstić information content (AvgIpc) is 2.54. The highest BCUT2D eigenvalue weighted by Crippen LogP contribution is 2.18. The zero-order valence-electron chi connectivity index (χ0n) is 11.9. The Morgan fingerprint density at radius 2 is 1.81 bits per heavy atom. The van der Waals surface area contributed by atoms with Crippen LogP contribution in [0.5, 0.6) is 5.75 Å². The lowest BCUT2D eigenvalue weighted by molar-refractivity contribution is 0.244. The van der Waals surface area contributed by atoms with Gasteiger partial charge >= 0.3 is 6.03 Å². The molecule has 0 saturated carbocycles. The molecule has 2 aromatic rings. The van der Waals surface area contributed by atoms with Gasteiger partial charge in [-0.25, -0.2) is 4.79 Å². The molecule has 4 heteroatoms. The molecule has 0 aliphatic heterocycles. The number of hydrogen-bond acceptors (Lipinski definition) is 2. The highest BCUT2D eigenvalue weighted by molar-refractivity contribution is 5.76. The maximum Gasteiger partial charge on any atom is 0.319 e. The molecular formula is C17H18N2O2. The molecule has 0 bridgehead atoms. The van der Waals surface area contributed by atoms with Crippen molar-refractivity contribution in [1.82, 2.24) is 10.6 Å². The van der Waals surface area contributed by atoms with E-state index in [4.69, 9.17) is 4.74 Å². The summed E-state index contributed by atoms with van der Waals surface area (Å²) in [5.74, 6) is 0.764. The molecule has 0 spiro atoms. The lowest BCUT2D eigenvalue weighted by Gasteiger charge is -2.05. The van der Waals surface area contributed by atoms with Crippen molar-refractivity contribution >= 4 is 12.1 Å². The largest absolute Gasteiger partial charge is 0.496 e. The van der Waals surface area contributed by atoms with Crippen LogP contribution in [0.25, 0.3) is 6.08 Å². The van der Waals surface area contributed by atoms with E-state index in [-0.39, 0.29) is 6.03 Å². The molecule has 0 fully saturated rings. The Hall–Kier alpha value is -2.75. The molecule has 0 atom stereocenters. The molecule has 0 unspecified atom stereocenters. The number of benzene rings is 2. The second-order valence-electron chi connectivity index (χ2n) is 4.39. The smallest absolute Gasteiger partial charge is 0.319 e. The summed E-state index contributed by atoms with van der Waals surface area (Å²) < 4.78 is 5.23. The van der Waals surface area contributed by atoms with E-state index < -0.39 is 0 Å². The first kappa shape index (κ1) is 14.7. The SMILES string of the molecule is COc1ccccc1/C=C/NC(=O)NCc1ccccc1. The molecule has 0 saturated heterocycles. The molecule has 0 heterocycles. The Morgan fingerprint density at radius 3 is 2.57 bits per heavy atom. The van der Waals surface area contributed by atoms with Crippen LogP contribution in [0.2, 0.25) is 0 Å². The maximum atomic E-state index is 11.7. The standard InChI is InChI=1S/C17H18N2O2/c1-21-16-10-6-5-9-15(16)11-12-18-17(20)19-13-14-7-3-2-4-8-14/h2-12H,13H2,1H3,(H2,18,19,20)/b12-11+. The highest BCUT2D eigenvalue weighted by atomic mass is 16.5. The predicted molar refractivity (Wildman–Crippen MR) is 83.8 cm³/mol. The van der Waals surface area contributed by atoms with Crippen LogP contribution >= 0.6 is 0 Å². The van der Waals surface area contributed by atoms with Crippen LogP contribution in [0.3, 0.4) is 0 Å². The van der Waals surface area contributed by atoms with Crippen molar-refractivity contribution in [1.29, 1.82) is 0 Å². The van der Waals surface area contributed by atoms with Gasteiger partial charge in [0.25, 0.3) is 0 Å². The summed E-state index contributed by atoms with van der Waals surface area (Å²) in [7, 11) is 1.62. The van der Waals surface area contributed by atoms with Gasteiger partial charge in [-0.2, -0.15) is 0 Å². The quantitative estimate of drug-likeness (QED) is 0.885. The molecule has 108 valence electrons. The summed E-state index contributed by atoms with van der Waals surface area (Å²) >= 11 is 0. The van der Waals surface area contributed by atoms with Gasteiger partial charge in [0.15, 0.2) is 0 Å². The second kappa shape index (κ2) is 7.75. The van der Waals surface area contributed by atoms with E-state index in [1.54, 1.807) is 19.4 Å². The van der Waals surface area contributed by atoms with Crippen molar-refractivity contribution in [2.45, 2.75) is 6.54 Å². The van der Waals surface area contributed by atoms with Crippen molar-refractivity contribution < 1.29 is 9.53 Å². The molecule has 2 N–H and O–H groups in total. The fourth-order valence-corrected chi connectivity index (χ4v) is 1.84. The molecule has 2 rings (SSSR count). The van der Waals surface area contributed by atoms with Crippen molar-refractivity contribution in [3.63, 3.8) is 0 Å². The lowest BCUT2D eigenvalue weighted by atomic mass is 10.2. The van der Waals surface area contributed by atoms with E-state index in [0.717, 1.165) is 16.9 Å². The van der Waals surface area contributed by atoms with Crippen LogP contribution in [0.15, 0.2) is 60.8 Å². The van der Waals surface area contributed by atoms with E-state index in [9.17, 15) is 4.79 Å². The zero-order chi connectivity index (χ0) is 14.9. The number of amides is 2. The highest BCUT2D eigenvalue weighted by Gasteiger charge is 1.99. The Labute approximate surface area is 124 Å². The van der Waals surface area contributed by atoms with Crippen LogP contribution in [0.1, 0.15) is 11.1 Å². The first-order chi connectivity index (χ1) is 10.3. The monoisotopic (exact) mass is 282 g/mol. The van der Waals surface area contributed by atoms with Gasteiger partial charge in [-0.15, -0.1) is 0 Å².